The fraction of sp³-hybridized carbons (Fsp3) is 0.903. The van der Waals surface area contributed by atoms with Gasteiger partial charge in [0.1, 0.15) is 12.6 Å². The van der Waals surface area contributed by atoms with Crippen LogP contribution in [0.25, 0.3) is 0 Å². The van der Waals surface area contributed by atoms with E-state index >= 15 is 0 Å². The molecule has 0 aliphatic rings. The molecule has 0 aliphatic carbocycles. The molecule has 0 fully saturated rings. The summed E-state index contributed by atoms with van der Waals surface area (Å²) in [5.74, 6) is -2.38. The van der Waals surface area contributed by atoms with Gasteiger partial charge in [-0.3, -0.25) is 23.4 Å². The van der Waals surface area contributed by atoms with Crippen LogP contribution < -0.4 is 5.73 Å². The zero-order chi connectivity index (χ0) is 32.2. The van der Waals surface area contributed by atoms with E-state index in [1.807, 2.05) is 0 Å². The number of aliphatic carboxylic acids is 1. The molecule has 0 bridgehead atoms. The summed E-state index contributed by atoms with van der Waals surface area (Å²) in [5, 5.41) is 8.81. The van der Waals surface area contributed by atoms with E-state index in [-0.39, 0.29) is 19.4 Å². The molecule has 0 aromatic heterocycles. The standard InChI is InChI=1S/C31H60NO10P/c1-3-5-7-9-11-13-15-16-18-20-22-29(33)39-24-27(25-40-43(37,38)41-26-28(32)31(35)36)42-30(34)23-21-19-17-14-12-10-8-6-4-2/h27-28H,3-26,32H2,1-2H3,(H,35,36)(H,37,38)/t27-,28+/m1/s1. The fourth-order valence-electron chi connectivity index (χ4n) is 4.42. The molecule has 0 aliphatic heterocycles. The molecule has 43 heavy (non-hydrogen) atoms. The maximum atomic E-state index is 12.4. The molecule has 0 rings (SSSR count). The third-order valence-corrected chi connectivity index (χ3v) is 8.06. The first-order valence-corrected chi connectivity index (χ1v) is 18.1. The van der Waals surface area contributed by atoms with Gasteiger partial charge in [-0.25, -0.2) is 4.57 Å². The van der Waals surface area contributed by atoms with Crippen LogP contribution in [-0.4, -0.2) is 59.9 Å². The summed E-state index contributed by atoms with van der Waals surface area (Å²) >= 11 is 0. The number of phosphoric ester groups is 1. The van der Waals surface area contributed by atoms with Crippen LogP contribution in [0.15, 0.2) is 0 Å². The number of nitrogens with two attached hydrogens (primary N) is 1. The van der Waals surface area contributed by atoms with Crippen molar-refractivity contribution in [1.29, 1.82) is 0 Å². The number of carboxylic acids is 1. The highest BCUT2D eigenvalue weighted by molar-refractivity contribution is 7.47. The molecule has 254 valence electrons. The van der Waals surface area contributed by atoms with Gasteiger partial charge in [-0.05, 0) is 12.8 Å². The number of rotatable bonds is 31. The predicted molar refractivity (Wildman–Crippen MR) is 166 cm³/mol. The van der Waals surface area contributed by atoms with Crippen LogP contribution in [0.1, 0.15) is 149 Å². The highest BCUT2D eigenvalue weighted by Gasteiger charge is 2.28. The Bertz CT molecular complexity index is 767. The lowest BCUT2D eigenvalue weighted by molar-refractivity contribution is -0.161. The van der Waals surface area contributed by atoms with E-state index in [0.717, 1.165) is 38.5 Å². The summed E-state index contributed by atoms with van der Waals surface area (Å²) in [5.41, 5.74) is 5.29. The Labute approximate surface area is 259 Å². The molecule has 3 atom stereocenters. The van der Waals surface area contributed by atoms with Gasteiger partial charge in [0.25, 0.3) is 0 Å². The van der Waals surface area contributed by atoms with Crippen molar-refractivity contribution in [2.45, 2.75) is 161 Å². The summed E-state index contributed by atoms with van der Waals surface area (Å²) in [4.78, 5) is 45.4. The maximum absolute atomic E-state index is 12.4. The van der Waals surface area contributed by atoms with E-state index in [1.165, 1.54) is 70.6 Å². The molecule has 12 heteroatoms. The monoisotopic (exact) mass is 637 g/mol. The lowest BCUT2D eigenvalue weighted by atomic mass is 10.1. The molecule has 0 aromatic rings. The smallest absolute Gasteiger partial charge is 0.472 e. The second kappa shape index (κ2) is 28.0. The number of ether oxygens (including phenoxy) is 2. The van der Waals surface area contributed by atoms with Gasteiger partial charge in [0, 0.05) is 12.8 Å². The van der Waals surface area contributed by atoms with Gasteiger partial charge >= 0.3 is 25.7 Å². The fourth-order valence-corrected chi connectivity index (χ4v) is 5.19. The summed E-state index contributed by atoms with van der Waals surface area (Å²) in [6.45, 7) is 2.73. The number of hydrogen-bond donors (Lipinski definition) is 3. The normalized spacial score (nSPS) is 14.1. The first-order chi connectivity index (χ1) is 20.6. The van der Waals surface area contributed by atoms with E-state index in [4.69, 9.17) is 24.8 Å². The quantitative estimate of drug-likeness (QED) is 0.0398. The zero-order valence-electron chi connectivity index (χ0n) is 26.8. The minimum absolute atomic E-state index is 0.166. The van der Waals surface area contributed by atoms with Crippen LogP contribution in [-0.2, 0) is 37.5 Å². The van der Waals surface area contributed by atoms with Gasteiger partial charge in [-0.2, -0.15) is 0 Å². The number of carbonyl (C=O) groups is 3. The van der Waals surface area contributed by atoms with E-state index in [2.05, 4.69) is 18.4 Å². The van der Waals surface area contributed by atoms with Crippen LogP contribution in [0, 0.1) is 0 Å². The molecular weight excluding hydrogens is 577 g/mol. The number of esters is 2. The average Bonchev–Trinajstić information content (AvgIpc) is 2.97. The minimum atomic E-state index is -4.69. The van der Waals surface area contributed by atoms with Gasteiger partial charge in [0.2, 0.25) is 0 Å². The van der Waals surface area contributed by atoms with Crippen LogP contribution in [0.4, 0.5) is 0 Å². The summed E-state index contributed by atoms with van der Waals surface area (Å²) in [6, 6.07) is -1.51. The Morgan fingerprint density at radius 2 is 1.02 bits per heavy atom. The first kappa shape index (κ1) is 41.5. The number of hydrogen-bond acceptors (Lipinski definition) is 9. The maximum Gasteiger partial charge on any atom is 0.472 e. The van der Waals surface area contributed by atoms with Crippen molar-refractivity contribution in [1.82, 2.24) is 0 Å². The van der Waals surface area contributed by atoms with Crippen molar-refractivity contribution >= 4 is 25.7 Å². The Hall–Kier alpha value is -1.52. The number of phosphoric acid groups is 1. The third-order valence-electron chi connectivity index (χ3n) is 7.11. The highest BCUT2D eigenvalue weighted by atomic mass is 31.2. The molecule has 0 radical (unpaired) electrons. The summed E-state index contributed by atoms with van der Waals surface area (Å²) in [6.07, 6.45) is 20.5. The molecular formula is C31H60NO10P. The minimum Gasteiger partial charge on any atom is -0.480 e. The molecule has 0 saturated carbocycles. The van der Waals surface area contributed by atoms with Crippen molar-refractivity contribution < 1.29 is 47.5 Å². The van der Waals surface area contributed by atoms with Crippen LogP contribution in [0.2, 0.25) is 0 Å². The molecule has 0 saturated heterocycles. The molecule has 0 heterocycles. The van der Waals surface area contributed by atoms with Gasteiger partial charge in [0.05, 0.1) is 13.2 Å². The predicted octanol–water partition coefficient (Wildman–Crippen LogP) is 7.22. The molecule has 0 amide bonds. The SMILES string of the molecule is CCCCCCCCCCCCC(=O)OC[C@H](COP(=O)(O)OC[C@H](N)C(=O)O)OC(=O)CCCCCCCCCCC. The first-order valence-electron chi connectivity index (χ1n) is 16.6. The van der Waals surface area contributed by atoms with E-state index in [9.17, 15) is 23.8 Å². The largest absolute Gasteiger partial charge is 0.480 e. The second-order valence-electron chi connectivity index (χ2n) is 11.3. The van der Waals surface area contributed by atoms with Gasteiger partial charge in [-0.15, -0.1) is 0 Å². The Morgan fingerprint density at radius 3 is 1.47 bits per heavy atom. The number of carbonyl (C=O) groups excluding carboxylic acids is 2. The third kappa shape index (κ3) is 27.7. The molecule has 4 N–H and O–H groups in total. The Morgan fingerprint density at radius 1 is 0.628 bits per heavy atom. The lowest BCUT2D eigenvalue weighted by Crippen LogP contribution is -2.34. The van der Waals surface area contributed by atoms with E-state index in [0.29, 0.717) is 12.8 Å². The lowest BCUT2D eigenvalue weighted by Gasteiger charge is -2.20. The summed E-state index contributed by atoms with van der Waals surface area (Å²) in [7, 11) is -4.69. The van der Waals surface area contributed by atoms with Crippen molar-refractivity contribution in [2.75, 3.05) is 19.8 Å². The number of unbranched alkanes of at least 4 members (excludes halogenated alkanes) is 17. The number of carboxylic acid groups (broad SMARTS) is 1. The van der Waals surface area contributed by atoms with Crippen LogP contribution in [0.3, 0.4) is 0 Å². The Kier molecular flexibility index (Phi) is 27.0. The average molecular weight is 638 g/mol. The molecule has 0 spiro atoms. The van der Waals surface area contributed by atoms with Crippen LogP contribution >= 0.6 is 7.82 Å². The van der Waals surface area contributed by atoms with Crippen molar-refractivity contribution in [2.24, 2.45) is 5.73 Å². The second-order valence-corrected chi connectivity index (χ2v) is 12.8. The van der Waals surface area contributed by atoms with Crippen molar-refractivity contribution in [3.05, 3.63) is 0 Å². The van der Waals surface area contributed by atoms with E-state index < -0.39 is 51.1 Å². The van der Waals surface area contributed by atoms with Crippen molar-refractivity contribution in [3.63, 3.8) is 0 Å². The molecule has 11 nitrogen and oxygen atoms in total. The van der Waals surface area contributed by atoms with Crippen molar-refractivity contribution in [3.8, 4) is 0 Å². The topological polar surface area (TPSA) is 172 Å². The molecule has 1 unspecified atom stereocenters. The zero-order valence-corrected chi connectivity index (χ0v) is 27.7. The Balaban J connectivity index is 4.51. The van der Waals surface area contributed by atoms with Gasteiger partial charge in [0.15, 0.2) is 6.10 Å². The highest BCUT2D eigenvalue weighted by Crippen LogP contribution is 2.43. The summed E-state index contributed by atoms with van der Waals surface area (Å²) < 4.78 is 32.3. The molecule has 0 aromatic carbocycles. The van der Waals surface area contributed by atoms with Gasteiger partial charge in [-0.1, -0.05) is 123 Å². The van der Waals surface area contributed by atoms with E-state index in [1.54, 1.807) is 0 Å². The van der Waals surface area contributed by atoms with Gasteiger partial charge < -0.3 is 25.2 Å². The van der Waals surface area contributed by atoms with Crippen LogP contribution in [0.5, 0.6) is 0 Å².